The summed E-state index contributed by atoms with van der Waals surface area (Å²) in [6.07, 6.45) is 1.42. The Morgan fingerprint density at radius 2 is 1.59 bits per heavy atom. The van der Waals surface area contributed by atoms with Crippen LogP contribution in [0.2, 0.25) is 0 Å². The molecule has 0 aliphatic carbocycles. The van der Waals surface area contributed by atoms with Crippen molar-refractivity contribution in [3.8, 4) is 0 Å². The fourth-order valence-corrected chi connectivity index (χ4v) is 6.96. The molecule has 2 N–H and O–H groups in total. The summed E-state index contributed by atoms with van der Waals surface area (Å²) in [5, 5.41) is 11.1. The summed E-state index contributed by atoms with van der Waals surface area (Å²) in [7, 11) is -3.46. The van der Waals surface area contributed by atoms with E-state index >= 15 is 0 Å². The number of hydrogen-bond donors (Lipinski definition) is 2. The lowest BCUT2D eigenvalue weighted by molar-refractivity contribution is -0.160. The number of nitrogens with one attached hydrogen (secondary N) is 1. The Kier molecular flexibility index (Phi) is 9.53. The zero-order chi connectivity index (χ0) is 27.9. The van der Waals surface area contributed by atoms with E-state index in [4.69, 9.17) is 4.74 Å². The van der Waals surface area contributed by atoms with Crippen LogP contribution in [-0.2, 0) is 31.7 Å². The molecule has 206 valence electrons. The molecule has 0 radical (unpaired) electrons. The Bertz CT molecular complexity index is 1410. The normalized spacial score (nSPS) is 17.9. The predicted molar refractivity (Wildman–Crippen MR) is 156 cm³/mol. The van der Waals surface area contributed by atoms with Crippen LogP contribution in [0, 0.1) is 0 Å². The number of esters is 1. The molecule has 1 unspecified atom stereocenters. The molecule has 4 rings (SSSR count). The zero-order valence-corrected chi connectivity index (χ0v) is 23.9. The van der Waals surface area contributed by atoms with E-state index in [-0.39, 0.29) is 35.3 Å². The molecule has 0 saturated carbocycles. The van der Waals surface area contributed by atoms with E-state index < -0.39 is 21.6 Å². The van der Waals surface area contributed by atoms with Crippen LogP contribution in [0.3, 0.4) is 0 Å². The Morgan fingerprint density at radius 3 is 2.26 bits per heavy atom. The molecule has 1 aliphatic rings. The second-order valence-corrected chi connectivity index (χ2v) is 13.1. The number of rotatable bonds is 12. The Balaban J connectivity index is 1.46. The molecule has 3 aromatic carbocycles. The third-order valence-corrected chi connectivity index (χ3v) is 9.43. The van der Waals surface area contributed by atoms with Crippen molar-refractivity contribution >= 4 is 27.8 Å². The largest absolute Gasteiger partial charge is 0.511 e. The predicted octanol–water partition coefficient (Wildman–Crippen LogP) is 6.80. The summed E-state index contributed by atoms with van der Waals surface area (Å²) < 4.78 is 33.9. The molecule has 0 fully saturated rings. The van der Waals surface area contributed by atoms with E-state index in [0.717, 1.165) is 21.6 Å². The van der Waals surface area contributed by atoms with Crippen LogP contribution in [0.4, 0.5) is 0 Å². The van der Waals surface area contributed by atoms with Gasteiger partial charge in [-0.2, -0.15) is 0 Å². The summed E-state index contributed by atoms with van der Waals surface area (Å²) >= 11 is 1.23. The molecule has 0 bridgehead atoms. The van der Waals surface area contributed by atoms with E-state index in [9.17, 15) is 18.3 Å². The highest BCUT2D eigenvalue weighted by Crippen LogP contribution is 2.46. The lowest BCUT2D eigenvalue weighted by Crippen LogP contribution is -2.37. The zero-order valence-electron chi connectivity index (χ0n) is 22.3. The second-order valence-electron chi connectivity index (χ2n) is 10.1. The van der Waals surface area contributed by atoms with Crippen molar-refractivity contribution in [1.82, 2.24) is 4.72 Å². The Hall–Kier alpha value is -3.07. The molecule has 3 aromatic rings. The average molecular weight is 566 g/mol. The highest BCUT2D eigenvalue weighted by molar-refractivity contribution is 8.04. The van der Waals surface area contributed by atoms with Gasteiger partial charge in [-0.3, -0.25) is 0 Å². The minimum absolute atomic E-state index is 0.00388. The monoisotopic (exact) mass is 565 g/mol. The first kappa shape index (κ1) is 28.9. The van der Waals surface area contributed by atoms with Crippen LogP contribution >= 0.6 is 11.8 Å². The highest BCUT2D eigenvalue weighted by Gasteiger charge is 2.43. The summed E-state index contributed by atoms with van der Waals surface area (Å²) in [6, 6.07) is 26.6. The van der Waals surface area contributed by atoms with Gasteiger partial charge in [-0.1, -0.05) is 104 Å². The number of sulfonamides is 1. The van der Waals surface area contributed by atoms with Gasteiger partial charge in [-0.25, -0.2) is 17.9 Å². The van der Waals surface area contributed by atoms with E-state index in [0.29, 0.717) is 19.3 Å². The van der Waals surface area contributed by atoms with Gasteiger partial charge in [0.05, 0.1) is 12.2 Å². The molecule has 8 heteroatoms. The molecule has 0 saturated heterocycles. The van der Waals surface area contributed by atoms with Gasteiger partial charge in [0.25, 0.3) is 0 Å². The van der Waals surface area contributed by atoms with Crippen molar-refractivity contribution in [2.75, 3.05) is 5.75 Å². The van der Waals surface area contributed by atoms with Crippen LogP contribution in [0.15, 0.2) is 100 Å². The topological polar surface area (TPSA) is 92.7 Å². The molecule has 6 nitrogen and oxygen atoms in total. The minimum atomic E-state index is -3.46. The van der Waals surface area contributed by atoms with Gasteiger partial charge < -0.3 is 9.84 Å². The molecular formula is C31H35NO5S2. The van der Waals surface area contributed by atoms with Crippen molar-refractivity contribution in [3.63, 3.8) is 0 Å². The van der Waals surface area contributed by atoms with Crippen LogP contribution in [-0.4, -0.2) is 25.2 Å². The third-order valence-electron chi connectivity index (χ3n) is 6.82. The summed E-state index contributed by atoms with van der Waals surface area (Å²) in [5.41, 5.74) is 1.70. The number of thioether (sulfide) groups is 1. The van der Waals surface area contributed by atoms with Gasteiger partial charge in [-0.15, -0.1) is 0 Å². The Morgan fingerprint density at radius 1 is 0.949 bits per heavy atom. The second kappa shape index (κ2) is 12.9. The SMILES string of the molecule is CC(C)c1ccccc1SC1=C(O)CC(CCCCS(=O)(=O)NCc2ccccc2)(c2ccccc2)OC1=O. The molecule has 0 spiro atoms. The van der Waals surface area contributed by atoms with Gasteiger partial charge in [0.1, 0.15) is 16.3 Å². The number of benzene rings is 3. The number of hydrogen-bond acceptors (Lipinski definition) is 6. The lowest BCUT2D eigenvalue weighted by atomic mass is 9.83. The van der Waals surface area contributed by atoms with Crippen molar-refractivity contribution in [3.05, 3.63) is 112 Å². The smallest absolute Gasteiger partial charge is 0.349 e. The summed E-state index contributed by atoms with van der Waals surface area (Å²) in [6.45, 7) is 4.42. The number of aliphatic hydroxyl groups is 1. The summed E-state index contributed by atoms with van der Waals surface area (Å²) in [4.78, 5) is 14.4. The Labute approximate surface area is 235 Å². The van der Waals surface area contributed by atoms with Gasteiger partial charge in [0.2, 0.25) is 10.0 Å². The lowest BCUT2D eigenvalue weighted by Gasteiger charge is -2.37. The fraction of sp³-hybridized carbons (Fsp3) is 0.323. The van der Waals surface area contributed by atoms with Crippen molar-refractivity contribution < 1.29 is 23.1 Å². The van der Waals surface area contributed by atoms with E-state index in [2.05, 4.69) is 18.6 Å². The first-order valence-electron chi connectivity index (χ1n) is 13.2. The van der Waals surface area contributed by atoms with E-state index in [1.54, 1.807) is 0 Å². The molecule has 0 amide bonds. The van der Waals surface area contributed by atoms with Crippen LogP contribution in [0.5, 0.6) is 0 Å². The van der Waals surface area contributed by atoms with E-state index in [1.807, 2.05) is 84.9 Å². The van der Waals surface area contributed by atoms with Crippen LogP contribution in [0.1, 0.15) is 62.1 Å². The summed E-state index contributed by atoms with van der Waals surface area (Å²) in [5.74, 6) is -0.342. The van der Waals surface area contributed by atoms with Crippen LogP contribution < -0.4 is 4.72 Å². The fourth-order valence-electron chi connectivity index (χ4n) is 4.74. The van der Waals surface area contributed by atoms with Crippen molar-refractivity contribution in [1.29, 1.82) is 0 Å². The van der Waals surface area contributed by atoms with Gasteiger partial charge in [0.15, 0.2) is 0 Å². The molecule has 1 aliphatic heterocycles. The number of aliphatic hydroxyl groups excluding tert-OH is 1. The first-order valence-corrected chi connectivity index (χ1v) is 15.6. The quantitative estimate of drug-likeness (QED) is 0.185. The van der Waals surface area contributed by atoms with Gasteiger partial charge in [-0.05, 0) is 47.9 Å². The van der Waals surface area contributed by atoms with Crippen molar-refractivity contribution in [2.45, 2.75) is 62.5 Å². The molecular weight excluding hydrogens is 530 g/mol. The molecule has 1 atom stereocenters. The van der Waals surface area contributed by atoms with Crippen molar-refractivity contribution in [2.24, 2.45) is 0 Å². The van der Waals surface area contributed by atoms with E-state index in [1.165, 1.54) is 11.8 Å². The first-order chi connectivity index (χ1) is 18.7. The number of ether oxygens (including phenoxy) is 1. The highest BCUT2D eigenvalue weighted by atomic mass is 32.2. The molecule has 0 aromatic heterocycles. The molecule has 39 heavy (non-hydrogen) atoms. The van der Waals surface area contributed by atoms with Gasteiger partial charge >= 0.3 is 5.97 Å². The number of unbranched alkanes of at least 4 members (excludes halogenated alkanes) is 1. The molecule has 1 heterocycles. The maximum absolute atomic E-state index is 13.3. The average Bonchev–Trinajstić information content (AvgIpc) is 2.93. The standard InChI is InChI=1S/C31H35NO5S2/c1-23(2)26-17-9-10-18-28(26)38-29-27(33)21-31(37-30(29)34,25-15-7-4-8-16-25)19-11-12-20-39(35,36)32-22-24-13-5-3-6-14-24/h3-10,13-18,23,32-33H,11-12,19-22H2,1-2H3. The van der Waals surface area contributed by atoms with Crippen LogP contribution in [0.25, 0.3) is 0 Å². The number of carbonyl (C=O) groups is 1. The third kappa shape index (κ3) is 7.53. The number of carbonyl (C=O) groups excluding carboxylic acids is 1. The maximum Gasteiger partial charge on any atom is 0.349 e. The van der Waals surface area contributed by atoms with Gasteiger partial charge in [0, 0.05) is 11.4 Å². The minimum Gasteiger partial charge on any atom is -0.511 e. The maximum atomic E-state index is 13.3. The number of cyclic esters (lactones) is 1.